The Kier molecular flexibility index (Phi) is 6.78. The predicted molar refractivity (Wildman–Crippen MR) is 134 cm³/mol. The van der Waals surface area contributed by atoms with Crippen LogP contribution in [0.3, 0.4) is 0 Å². The van der Waals surface area contributed by atoms with E-state index in [0.717, 1.165) is 22.0 Å². The summed E-state index contributed by atoms with van der Waals surface area (Å²) in [5, 5.41) is 5.49. The third-order valence-corrected chi connectivity index (χ3v) is 6.57. The van der Waals surface area contributed by atoms with Gasteiger partial charge in [0, 0.05) is 21.6 Å². The fourth-order valence-corrected chi connectivity index (χ4v) is 4.51. The third kappa shape index (κ3) is 4.79. The second-order valence-corrected chi connectivity index (χ2v) is 8.95. The van der Waals surface area contributed by atoms with Crippen molar-refractivity contribution >= 4 is 45.7 Å². The molecule has 32 heavy (non-hydrogen) atoms. The van der Waals surface area contributed by atoms with Gasteiger partial charge in [0.25, 0.3) is 0 Å². The minimum atomic E-state index is -0.323. The molecule has 0 fully saturated rings. The van der Waals surface area contributed by atoms with Gasteiger partial charge in [-0.2, -0.15) is 0 Å². The summed E-state index contributed by atoms with van der Waals surface area (Å²) in [4.78, 5) is 18.2. The number of nitrogens with zero attached hydrogens (tertiary/aromatic N) is 1. The number of para-hydroxylation sites is 1. The van der Waals surface area contributed by atoms with Crippen LogP contribution in [0.1, 0.15) is 36.8 Å². The number of aromatic nitrogens is 1. The number of halogens is 2. The van der Waals surface area contributed by atoms with Crippen LogP contribution < -0.4 is 5.32 Å². The maximum Gasteiger partial charge on any atom is 0.228 e. The number of amides is 1. The van der Waals surface area contributed by atoms with Gasteiger partial charge in [0.2, 0.25) is 5.91 Å². The van der Waals surface area contributed by atoms with Gasteiger partial charge in [-0.3, -0.25) is 9.78 Å². The first kappa shape index (κ1) is 22.3. The van der Waals surface area contributed by atoms with Crippen molar-refractivity contribution in [3.63, 3.8) is 0 Å². The summed E-state index contributed by atoms with van der Waals surface area (Å²) in [5.74, 6) is -0.453. The molecule has 0 aliphatic carbocycles. The number of rotatable bonds is 6. The highest BCUT2D eigenvalue weighted by molar-refractivity contribution is 6.30. The average Bonchev–Trinajstić information content (AvgIpc) is 2.80. The molecule has 1 heterocycles. The number of nitrogens with one attached hydrogen (secondary N) is 1. The van der Waals surface area contributed by atoms with Crippen molar-refractivity contribution in [1.29, 1.82) is 0 Å². The van der Waals surface area contributed by atoms with E-state index in [0.29, 0.717) is 15.7 Å². The Morgan fingerprint density at radius 2 is 1.31 bits per heavy atom. The molecule has 0 saturated carbocycles. The summed E-state index contributed by atoms with van der Waals surface area (Å²) in [6.45, 7) is 4.17. The summed E-state index contributed by atoms with van der Waals surface area (Å²) in [6, 6.07) is 25.1. The summed E-state index contributed by atoms with van der Waals surface area (Å²) >= 11 is 12.2. The van der Waals surface area contributed by atoms with Crippen molar-refractivity contribution in [3.8, 4) is 0 Å². The van der Waals surface area contributed by atoms with Crippen molar-refractivity contribution in [1.82, 2.24) is 4.98 Å². The lowest BCUT2D eigenvalue weighted by atomic mass is 9.76. The second-order valence-electron chi connectivity index (χ2n) is 8.08. The molecule has 162 valence electrons. The molecule has 3 nitrogen and oxygen atoms in total. The number of benzene rings is 3. The molecule has 2 atom stereocenters. The standard InChI is InChI=1S/C27H24Cl2N2O/c1-17(19-8-12-22(28)13-9-19)25(18(2)20-10-14-23(29)15-11-20)27(32)31-24-7-3-5-21-6-4-16-30-26(21)24/h3-18,25H,1-2H3,(H,31,32)/t17-,18-/m1/s1. The molecular weight excluding hydrogens is 439 g/mol. The van der Waals surface area contributed by atoms with Crippen LogP contribution in [0, 0.1) is 5.92 Å². The van der Waals surface area contributed by atoms with Gasteiger partial charge in [0.15, 0.2) is 0 Å². The zero-order chi connectivity index (χ0) is 22.7. The summed E-state index contributed by atoms with van der Waals surface area (Å²) in [7, 11) is 0. The topological polar surface area (TPSA) is 42.0 Å². The summed E-state index contributed by atoms with van der Waals surface area (Å²) in [6.07, 6.45) is 1.74. The number of hydrogen-bond donors (Lipinski definition) is 1. The van der Waals surface area contributed by atoms with Crippen molar-refractivity contribution in [3.05, 3.63) is 106 Å². The van der Waals surface area contributed by atoms with Crippen molar-refractivity contribution in [2.45, 2.75) is 25.7 Å². The zero-order valence-corrected chi connectivity index (χ0v) is 19.4. The number of hydrogen-bond acceptors (Lipinski definition) is 2. The van der Waals surface area contributed by atoms with Gasteiger partial charge in [-0.1, -0.05) is 79.5 Å². The number of carbonyl (C=O) groups is 1. The molecule has 4 rings (SSSR count). The third-order valence-electron chi connectivity index (χ3n) is 6.06. The van der Waals surface area contributed by atoms with E-state index in [1.165, 1.54) is 0 Å². The second kappa shape index (κ2) is 9.72. The Labute approximate surface area is 198 Å². The van der Waals surface area contributed by atoms with Crippen LogP contribution in [-0.4, -0.2) is 10.9 Å². The molecule has 1 aromatic heterocycles. The molecular formula is C27H24Cl2N2O. The van der Waals surface area contributed by atoms with Gasteiger partial charge in [0.05, 0.1) is 17.1 Å². The van der Waals surface area contributed by atoms with E-state index in [4.69, 9.17) is 23.2 Å². The van der Waals surface area contributed by atoms with Crippen LogP contribution >= 0.6 is 23.2 Å². The van der Waals surface area contributed by atoms with E-state index in [9.17, 15) is 4.79 Å². The lowest BCUT2D eigenvalue weighted by molar-refractivity contribution is -0.121. The van der Waals surface area contributed by atoms with Crippen LogP contribution in [0.25, 0.3) is 10.9 Å². The molecule has 5 heteroatoms. The molecule has 0 bridgehead atoms. The first-order chi connectivity index (χ1) is 15.4. The summed E-state index contributed by atoms with van der Waals surface area (Å²) < 4.78 is 0. The Morgan fingerprint density at radius 1 is 0.781 bits per heavy atom. The molecule has 0 spiro atoms. The summed E-state index contributed by atoms with van der Waals surface area (Å²) in [5.41, 5.74) is 3.61. The Balaban J connectivity index is 1.71. The maximum absolute atomic E-state index is 13.7. The molecule has 0 radical (unpaired) electrons. The number of pyridine rings is 1. The molecule has 0 aliphatic rings. The minimum Gasteiger partial charge on any atom is -0.324 e. The van der Waals surface area contributed by atoms with E-state index in [2.05, 4.69) is 24.1 Å². The van der Waals surface area contributed by atoms with Crippen LogP contribution in [0.5, 0.6) is 0 Å². The first-order valence-corrected chi connectivity index (χ1v) is 11.3. The van der Waals surface area contributed by atoms with Gasteiger partial charge in [-0.25, -0.2) is 0 Å². The Morgan fingerprint density at radius 3 is 1.88 bits per heavy atom. The van der Waals surface area contributed by atoms with Gasteiger partial charge in [-0.05, 0) is 59.4 Å². The monoisotopic (exact) mass is 462 g/mol. The van der Waals surface area contributed by atoms with Gasteiger partial charge in [0.1, 0.15) is 0 Å². The normalized spacial score (nSPS) is 13.2. The van der Waals surface area contributed by atoms with Crippen LogP contribution in [0.15, 0.2) is 85.1 Å². The lowest BCUT2D eigenvalue weighted by Crippen LogP contribution is -2.31. The number of carbonyl (C=O) groups excluding carboxylic acids is 1. The number of anilines is 1. The Hall–Kier alpha value is -2.88. The average molecular weight is 463 g/mol. The van der Waals surface area contributed by atoms with E-state index in [1.54, 1.807) is 6.20 Å². The fourth-order valence-electron chi connectivity index (χ4n) is 4.26. The zero-order valence-electron chi connectivity index (χ0n) is 17.9. The maximum atomic E-state index is 13.7. The minimum absolute atomic E-state index is 0.0409. The fraction of sp³-hybridized carbons (Fsp3) is 0.185. The first-order valence-electron chi connectivity index (χ1n) is 10.6. The highest BCUT2D eigenvalue weighted by Gasteiger charge is 2.33. The predicted octanol–water partition coefficient (Wildman–Crippen LogP) is 7.70. The van der Waals surface area contributed by atoms with Crippen LogP contribution in [0.2, 0.25) is 10.0 Å². The van der Waals surface area contributed by atoms with E-state index in [-0.39, 0.29) is 23.7 Å². The molecule has 1 amide bonds. The van der Waals surface area contributed by atoms with Crippen molar-refractivity contribution in [2.24, 2.45) is 5.92 Å². The van der Waals surface area contributed by atoms with E-state index in [1.807, 2.05) is 78.9 Å². The van der Waals surface area contributed by atoms with E-state index < -0.39 is 0 Å². The molecule has 0 saturated heterocycles. The number of fused-ring (bicyclic) bond motifs is 1. The molecule has 1 N–H and O–H groups in total. The van der Waals surface area contributed by atoms with Crippen molar-refractivity contribution in [2.75, 3.05) is 5.32 Å². The van der Waals surface area contributed by atoms with Crippen LogP contribution in [-0.2, 0) is 4.79 Å². The molecule has 0 aliphatic heterocycles. The van der Waals surface area contributed by atoms with Crippen molar-refractivity contribution < 1.29 is 4.79 Å². The largest absolute Gasteiger partial charge is 0.324 e. The van der Waals surface area contributed by atoms with E-state index >= 15 is 0 Å². The Bertz CT molecular complexity index is 1170. The molecule has 4 aromatic rings. The highest BCUT2D eigenvalue weighted by Crippen LogP contribution is 2.38. The van der Waals surface area contributed by atoms with Crippen LogP contribution in [0.4, 0.5) is 5.69 Å². The highest BCUT2D eigenvalue weighted by atomic mass is 35.5. The molecule has 0 unspecified atom stereocenters. The van der Waals surface area contributed by atoms with Gasteiger partial charge < -0.3 is 5.32 Å². The smallest absolute Gasteiger partial charge is 0.228 e. The SMILES string of the molecule is C[C@H](c1ccc(Cl)cc1)C(C(=O)Nc1cccc2cccnc12)[C@H](C)c1ccc(Cl)cc1. The quantitative estimate of drug-likeness (QED) is 0.318. The van der Waals surface area contributed by atoms with Gasteiger partial charge >= 0.3 is 0 Å². The van der Waals surface area contributed by atoms with Gasteiger partial charge in [-0.15, -0.1) is 0 Å². The molecule has 3 aromatic carbocycles. The lowest BCUT2D eigenvalue weighted by Gasteiger charge is -2.29.